The third kappa shape index (κ3) is 4.25. The van der Waals surface area contributed by atoms with E-state index >= 15 is 0 Å². The van der Waals surface area contributed by atoms with Gasteiger partial charge < -0.3 is 14.7 Å². The number of amides is 2. The molecule has 0 bridgehead atoms. The molecular formula is C20H20N2O5. The van der Waals surface area contributed by atoms with Crippen molar-refractivity contribution in [2.24, 2.45) is 0 Å². The maximum absolute atomic E-state index is 12.8. The van der Waals surface area contributed by atoms with Crippen molar-refractivity contribution in [3.05, 3.63) is 60.2 Å². The van der Waals surface area contributed by atoms with Gasteiger partial charge in [0, 0.05) is 6.54 Å². The Morgan fingerprint density at radius 3 is 2.48 bits per heavy atom. The zero-order chi connectivity index (χ0) is 19.4. The Hall–Kier alpha value is -3.35. The number of carboxylic acid groups (broad SMARTS) is 1. The van der Waals surface area contributed by atoms with Gasteiger partial charge in [-0.3, -0.25) is 19.3 Å². The minimum absolute atomic E-state index is 0.154. The number of carboxylic acids is 1. The quantitative estimate of drug-likeness (QED) is 0.842. The van der Waals surface area contributed by atoms with Crippen molar-refractivity contribution in [3.63, 3.8) is 0 Å². The Labute approximate surface area is 156 Å². The number of aliphatic carboxylic acids is 1. The number of rotatable bonds is 6. The molecule has 1 atom stereocenters. The summed E-state index contributed by atoms with van der Waals surface area (Å²) in [5, 5.41) is 9.17. The molecular weight excluding hydrogens is 348 g/mol. The predicted molar refractivity (Wildman–Crippen MR) is 98.4 cm³/mol. The van der Waals surface area contributed by atoms with Crippen molar-refractivity contribution in [1.82, 2.24) is 4.90 Å². The zero-order valence-electron chi connectivity index (χ0n) is 14.9. The first-order valence-electron chi connectivity index (χ1n) is 8.56. The summed E-state index contributed by atoms with van der Waals surface area (Å²) in [6, 6.07) is 16.1. The summed E-state index contributed by atoms with van der Waals surface area (Å²) >= 11 is 0. The van der Waals surface area contributed by atoms with Gasteiger partial charge >= 0.3 is 5.97 Å². The Bertz CT molecular complexity index is 852. The van der Waals surface area contributed by atoms with Crippen LogP contribution in [0.1, 0.15) is 12.5 Å². The van der Waals surface area contributed by atoms with Crippen LogP contribution in [0.5, 0.6) is 5.75 Å². The second kappa shape index (κ2) is 7.90. The van der Waals surface area contributed by atoms with E-state index in [1.165, 1.54) is 9.80 Å². The van der Waals surface area contributed by atoms with Crippen LogP contribution < -0.4 is 9.64 Å². The smallest absolute Gasteiger partial charge is 0.323 e. The van der Waals surface area contributed by atoms with Gasteiger partial charge in [0.05, 0.1) is 5.69 Å². The molecule has 7 nitrogen and oxygen atoms in total. The van der Waals surface area contributed by atoms with E-state index in [0.29, 0.717) is 11.4 Å². The van der Waals surface area contributed by atoms with E-state index in [1.54, 1.807) is 31.2 Å². The first-order valence-corrected chi connectivity index (χ1v) is 8.56. The van der Waals surface area contributed by atoms with Crippen molar-refractivity contribution < 1.29 is 24.2 Å². The number of carbonyl (C=O) groups excluding carboxylic acids is 2. The molecule has 1 unspecified atom stereocenters. The Kier molecular flexibility index (Phi) is 5.40. The summed E-state index contributed by atoms with van der Waals surface area (Å²) in [5.74, 6) is -1.37. The Morgan fingerprint density at radius 2 is 1.78 bits per heavy atom. The van der Waals surface area contributed by atoms with Gasteiger partial charge in [-0.25, -0.2) is 0 Å². The molecule has 0 aliphatic carbocycles. The fourth-order valence-corrected chi connectivity index (χ4v) is 2.96. The van der Waals surface area contributed by atoms with Crippen LogP contribution in [0.2, 0.25) is 0 Å². The molecule has 27 heavy (non-hydrogen) atoms. The standard InChI is InChI=1S/C20H20N2O5/c1-14-20(26)22(16-9-5-6-10-17(16)27-14)12-18(23)21(13-19(24)25)11-15-7-3-2-4-8-15/h2-10,14H,11-13H2,1H3,(H,24,25). The van der Waals surface area contributed by atoms with Gasteiger partial charge in [0.25, 0.3) is 5.91 Å². The number of benzene rings is 2. The second-order valence-electron chi connectivity index (χ2n) is 6.28. The monoisotopic (exact) mass is 368 g/mol. The average molecular weight is 368 g/mol. The summed E-state index contributed by atoms with van der Waals surface area (Å²) in [5.41, 5.74) is 1.32. The highest BCUT2D eigenvalue weighted by atomic mass is 16.5. The fraction of sp³-hybridized carbons (Fsp3) is 0.250. The average Bonchev–Trinajstić information content (AvgIpc) is 2.65. The van der Waals surface area contributed by atoms with Crippen molar-refractivity contribution in [2.75, 3.05) is 18.0 Å². The van der Waals surface area contributed by atoms with Gasteiger partial charge in [-0.2, -0.15) is 0 Å². The van der Waals surface area contributed by atoms with Crippen molar-refractivity contribution in [2.45, 2.75) is 19.6 Å². The lowest BCUT2D eigenvalue weighted by atomic mass is 10.1. The van der Waals surface area contributed by atoms with Gasteiger partial charge in [-0.1, -0.05) is 42.5 Å². The molecule has 7 heteroatoms. The van der Waals surface area contributed by atoms with Gasteiger partial charge in [0.15, 0.2) is 6.10 Å². The number of ether oxygens (including phenoxy) is 1. The number of para-hydroxylation sites is 2. The van der Waals surface area contributed by atoms with E-state index in [2.05, 4.69) is 0 Å². The molecule has 1 N–H and O–H groups in total. The predicted octanol–water partition coefficient (Wildman–Crippen LogP) is 1.91. The lowest BCUT2D eigenvalue weighted by Crippen LogP contribution is -2.50. The first kappa shape index (κ1) is 18.4. The molecule has 1 heterocycles. The van der Waals surface area contributed by atoms with Crippen molar-refractivity contribution in [1.29, 1.82) is 0 Å². The third-order valence-corrected chi connectivity index (χ3v) is 4.26. The number of hydrogen-bond acceptors (Lipinski definition) is 4. The Balaban J connectivity index is 1.82. The summed E-state index contributed by atoms with van der Waals surface area (Å²) < 4.78 is 5.57. The molecule has 1 aliphatic rings. The number of carbonyl (C=O) groups is 3. The molecule has 2 aromatic carbocycles. The van der Waals surface area contributed by atoms with E-state index in [-0.39, 0.29) is 19.0 Å². The van der Waals surface area contributed by atoms with Crippen LogP contribution in [0.3, 0.4) is 0 Å². The number of fused-ring (bicyclic) bond motifs is 1. The van der Waals surface area contributed by atoms with Crippen LogP contribution in [0, 0.1) is 0 Å². The molecule has 0 fully saturated rings. The summed E-state index contributed by atoms with van der Waals surface area (Å²) in [7, 11) is 0. The van der Waals surface area contributed by atoms with Crippen LogP contribution >= 0.6 is 0 Å². The maximum Gasteiger partial charge on any atom is 0.323 e. The lowest BCUT2D eigenvalue weighted by molar-refractivity contribution is -0.144. The molecule has 2 amide bonds. The topological polar surface area (TPSA) is 87.2 Å². The van der Waals surface area contributed by atoms with E-state index in [4.69, 9.17) is 4.74 Å². The minimum atomic E-state index is -1.11. The van der Waals surface area contributed by atoms with E-state index in [9.17, 15) is 19.5 Å². The van der Waals surface area contributed by atoms with Crippen LogP contribution in [0.25, 0.3) is 0 Å². The first-order chi connectivity index (χ1) is 13.0. The van der Waals surface area contributed by atoms with E-state index in [0.717, 1.165) is 5.56 Å². The Morgan fingerprint density at radius 1 is 1.11 bits per heavy atom. The van der Waals surface area contributed by atoms with Crippen molar-refractivity contribution >= 4 is 23.5 Å². The third-order valence-electron chi connectivity index (χ3n) is 4.26. The molecule has 0 spiro atoms. The maximum atomic E-state index is 12.8. The SMILES string of the molecule is CC1Oc2ccccc2N(CC(=O)N(CC(=O)O)Cc2ccccc2)C1=O. The van der Waals surface area contributed by atoms with Gasteiger partial charge in [-0.15, -0.1) is 0 Å². The molecule has 3 rings (SSSR count). The highest BCUT2D eigenvalue weighted by Gasteiger charge is 2.33. The molecule has 0 saturated carbocycles. The summed E-state index contributed by atoms with van der Waals surface area (Å²) in [4.78, 5) is 39.2. The summed E-state index contributed by atoms with van der Waals surface area (Å²) in [6.45, 7) is 1.09. The van der Waals surface area contributed by atoms with Crippen LogP contribution in [0.4, 0.5) is 5.69 Å². The number of nitrogens with zero attached hydrogens (tertiary/aromatic N) is 2. The minimum Gasteiger partial charge on any atom is -0.480 e. The van der Waals surface area contributed by atoms with Crippen LogP contribution in [0.15, 0.2) is 54.6 Å². The van der Waals surface area contributed by atoms with E-state index < -0.39 is 24.5 Å². The highest BCUT2D eigenvalue weighted by molar-refractivity contribution is 6.03. The lowest BCUT2D eigenvalue weighted by Gasteiger charge is -2.33. The number of anilines is 1. The highest BCUT2D eigenvalue weighted by Crippen LogP contribution is 2.33. The summed E-state index contributed by atoms with van der Waals surface area (Å²) in [6.07, 6.45) is -0.713. The second-order valence-corrected chi connectivity index (χ2v) is 6.28. The normalized spacial score (nSPS) is 15.7. The zero-order valence-corrected chi connectivity index (χ0v) is 14.9. The molecule has 140 valence electrons. The molecule has 1 aliphatic heterocycles. The molecule has 0 saturated heterocycles. The molecule has 2 aromatic rings. The van der Waals surface area contributed by atoms with Crippen LogP contribution in [-0.2, 0) is 20.9 Å². The molecule has 0 radical (unpaired) electrons. The van der Waals surface area contributed by atoms with Crippen molar-refractivity contribution in [3.8, 4) is 5.75 Å². The fourth-order valence-electron chi connectivity index (χ4n) is 2.96. The van der Waals surface area contributed by atoms with Gasteiger partial charge in [0.1, 0.15) is 18.8 Å². The number of hydrogen-bond donors (Lipinski definition) is 1. The van der Waals surface area contributed by atoms with E-state index in [1.807, 2.05) is 30.3 Å². The van der Waals surface area contributed by atoms with Crippen LogP contribution in [-0.4, -0.2) is 47.0 Å². The van der Waals surface area contributed by atoms with Gasteiger partial charge in [0.2, 0.25) is 5.91 Å². The largest absolute Gasteiger partial charge is 0.480 e. The molecule has 0 aromatic heterocycles. The van der Waals surface area contributed by atoms with Gasteiger partial charge in [-0.05, 0) is 24.6 Å².